The number of hydrogen-bond acceptors (Lipinski definition) is 3. The first-order valence-corrected chi connectivity index (χ1v) is 10.0. The number of benzene rings is 2. The molecule has 0 spiro atoms. The summed E-state index contributed by atoms with van der Waals surface area (Å²) in [6.07, 6.45) is -3.76. The zero-order valence-corrected chi connectivity index (χ0v) is 17.2. The predicted molar refractivity (Wildman–Crippen MR) is 109 cm³/mol. The molecule has 0 aliphatic rings. The van der Waals surface area contributed by atoms with Crippen LogP contribution in [0.1, 0.15) is 48.8 Å². The Kier molecular flexibility index (Phi) is 6.87. The molecule has 2 atom stereocenters. The minimum absolute atomic E-state index is 0.00957. The molecule has 2 unspecified atom stereocenters. The molecule has 4 nitrogen and oxygen atoms in total. The molecular formula is C23H23F4N3O. The van der Waals surface area contributed by atoms with E-state index in [1.54, 1.807) is 24.3 Å². The second kappa shape index (κ2) is 9.41. The number of carbonyl (C=O) groups excluding carboxylic acids is 1. The lowest BCUT2D eigenvalue weighted by Gasteiger charge is -2.12. The normalized spacial score (nSPS) is 13.7. The Labute approximate surface area is 177 Å². The molecule has 2 aromatic carbocycles. The van der Waals surface area contributed by atoms with Crippen molar-refractivity contribution in [2.75, 3.05) is 0 Å². The summed E-state index contributed by atoms with van der Waals surface area (Å²) in [7, 11) is 0. The number of nitrogens with zero attached hydrogens (tertiary/aromatic N) is 3. The molecule has 0 bridgehead atoms. The van der Waals surface area contributed by atoms with Gasteiger partial charge in [-0.3, -0.25) is 4.79 Å². The average molecular weight is 433 g/mol. The first-order valence-electron chi connectivity index (χ1n) is 10.0. The molecule has 0 aliphatic carbocycles. The van der Waals surface area contributed by atoms with Gasteiger partial charge in [0.05, 0.1) is 17.4 Å². The Morgan fingerprint density at radius 1 is 1.06 bits per heavy atom. The minimum atomic E-state index is -4.50. The smallest absolute Gasteiger partial charge is 0.299 e. The van der Waals surface area contributed by atoms with Gasteiger partial charge in [-0.25, -0.2) is 9.07 Å². The van der Waals surface area contributed by atoms with Gasteiger partial charge in [0.2, 0.25) is 0 Å². The largest absolute Gasteiger partial charge is 0.416 e. The summed E-state index contributed by atoms with van der Waals surface area (Å²) < 4.78 is 55.1. The van der Waals surface area contributed by atoms with Crippen LogP contribution in [0.25, 0.3) is 5.69 Å². The predicted octanol–water partition coefficient (Wildman–Crippen LogP) is 5.70. The number of alkyl halides is 4. The Morgan fingerprint density at radius 3 is 2.39 bits per heavy atom. The highest BCUT2D eigenvalue weighted by Gasteiger charge is 2.33. The Morgan fingerprint density at radius 2 is 1.74 bits per heavy atom. The minimum Gasteiger partial charge on any atom is -0.299 e. The van der Waals surface area contributed by atoms with Crippen LogP contribution in [0.3, 0.4) is 0 Å². The van der Waals surface area contributed by atoms with E-state index in [1.165, 1.54) is 29.1 Å². The molecule has 0 saturated carbocycles. The molecule has 1 aromatic heterocycles. The molecular weight excluding hydrogens is 410 g/mol. The van der Waals surface area contributed by atoms with Crippen molar-refractivity contribution < 1.29 is 22.4 Å². The lowest BCUT2D eigenvalue weighted by molar-refractivity contribution is -0.138. The molecule has 3 aromatic rings. The standard InChI is InChI=1S/C23H23F4N3O/c1-3-15(2)22(24)21-14-30(29-28-21)18-10-8-16(9-11-18)12-19(31)13-17-6-4-5-7-20(17)23(25,26)27/h4-11,14-15,22H,3,12-13H2,1-2H3. The van der Waals surface area contributed by atoms with Gasteiger partial charge in [0.25, 0.3) is 0 Å². The van der Waals surface area contributed by atoms with Gasteiger partial charge >= 0.3 is 6.18 Å². The number of ketones is 1. The molecule has 1 heterocycles. The first-order chi connectivity index (χ1) is 14.7. The quantitative estimate of drug-likeness (QED) is 0.429. The molecule has 0 aliphatic heterocycles. The van der Waals surface area contributed by atoms with Gasteiger partial charge < -0.3 is 0 Å². The monoisotopic (exact) mass is 433 g/mol. The molecule has 0 N–H and O–H groups in total. The fourth-order valence-corrected chi connectivity index (χ4v) is 3.25. The fraction of sp³-hybridized carbons (Fsp3) is 0.348. The van der Waals surface area contributed by atoms with Crippen LogP contribution in [0.2, 0.25) is 0 Å². The van der Waals surface area contributed by atoms with Crippen LogP contribution in [-0.4, -0.2) is 20.8 Å². The fourth-order valence-electron chi connectivity index (χ4n) is 3.25. The average Bonchev–Trinajstić information content (AvgIpc) is 3.23. The highest BCUT2D eigenvalue weighted by atomic mass is 19.4. The number of halogens is 4. The number of Topliss-reactive ketones (excluding diaryl/α,β-unsaturated/α-hetero) is 1. The molecule has 8 heteroatoms. The van der Waals surface area contributed by atoms with E-state index >= 15 is 0 Å². The summed E-state index contributed by atoms with van der Waals surface area (Å²) >= 11 is 0. The summed E-state index contributed by atoms with van der Waals surface area (Å²) in [6, 6.07) is 11.9. The van der Waals surface area contributed by atoms with Crippen molar-refractivity contribution in [3.63, 3.8) is 0 Å². The molecule has 0 radical (unpaired) electrons. The van der Waals surface area contributed by atoms with Crippen LogP contribution in [0, 0.1) is 5.92 Å². The molecule has 0 saturated heterocycles. The van der Waals surface area contributed by atoms with E-state index in [2.05, 4.69) is 10.3 Å². The number of hydrogen-bond donors (Lipinski definition) is 0. The topological polar surface area (TPSA) is 47.8 Å². The molecule has 3 rings (SSSR count). The van der Waals surface area contributed by atoms with Crippen LogP contribution < -0.4 is 0 Å². The third-order valence-corrected chi connectivity index (χ3v) is 5.25. The van der Waals surface area contributed by atoms with E-state index in [4.69, 9.17) is 0 Å². The molecule has 164 valence electrons. The number of carbonyl (C=O) groups is 1. The van der Waals surface area contributed by atoms with Crippen LogP contribution >= 0.6 is 0 Å². The summed E-state index contributed by atoms with van der Waals surface area (Å²) in [6.45, 7) is 3.71. The van der Waals surface area contributed by atoms with Crippen LogP contribution in [-0.2, 0) is 23.8 Å². The van der Waals surface area contributed by atoms with Crippen molar-refractivity contribution >= 4 is 5.78 Å². The van der Waals surface area contributed by atoms with Gasteiger partial charge in [0, 0.05) is 12.8 Å². The second-order valence-electron chi connectivity index (χ2n) is 7.59. The van der Waals surface area contributed by atoms with Gasteiger partial charge in [0.1, 0.15) is 17.6 Å². The summed E-state index contributed by atoms with van der Waals surface area (Å²) in [5, 5.41) is 7.86. The van der Waals surface area contributed by atoms with Gasteiger partial charge in [-0.2, -0.15) is 13.2 Å². The van der Waals surface area contributed by atoms with Crippen molar-refractivity contribution in [3.8, 4) is 5.69 Å². The van der Waals surface area contributed by atoms with Crippen molar-refractivity contribution in [2.45, 2.75) is 45.5 Å². The maximum atomic E-state index is 14.3. The lowest BCUT2D eigenvalue weighted by atomic mass is 9.98. The zero-order chi connectivity index (χ0) is 22.6. The van der Waals surface area contributed by atoms with E-state index < -0.39 is 17.9 Å². The molecule has 0 amide bonds. The van der Waals surface area contributed by atoms with E-state index in [9.17, 15) is 22.4 Å². The van der Waals surface area contributed by atoms with Gasteiger partial charge in [-0.15, -0.1) is 5.10 Å². The Bertz CT molecular complexity index is 1030. The van der Waals surface area contributed by atoms with Crippen molar-refractivity contribution in [2.24, 2.45) is 5.92 Å². The Balaban J connectivity index is 1.67. The first kappa shape index (κ1) is 22.7. The SMILES string of the molecule is CCC(C)C(F)c1cn(-c2ccc(CC(=O)Cc3ccccc3C(F)(F)F)cc2)nn1. The highest BCUT2D eigenvalue weighted by molar-refractivity contribution is 5.83. The summed E-state index contributed by atoms with van der Waals surface area (Å²) in [5.74, 6) is -0.484. The van der Waals surface area contributed by atoms with E-state index in [0.717, 1.165) is 6.07 Å². The number of aromatic nitrogens is 3. The lowest BCUT2D eigenvalue weighted by Crippen LogP contribution is -2.13. The second-order valence-corrected chi connectivity index (χ2v) is 7.59. The molecule has 0 fully saturated rings. The summed E-state index contributed by atoms with van der Waals surface area (Å²) in [5.41, 5.74) is 0.755. The van der Waals surface area contributed by atoms with Crippen LogP contribution in [0.15, 0.2) is 54.7 Å². The third-order valence-electron chi connectivity index (χ3n) is 5.25. The maximum absolute atomic E-state index is 14.3. The zero-order valence-electron chi connectivity index (χ0n) is 17.2. The summed E-state index contributed by atoms with van der Waals surface area (Å²) in [4.78, 5) is 12.3. The van der Waals surface area contributed by atoms with Crippen LogP contribution in [0.5, 0.6) is 0 Å². The van der Waals surface area contributed by atoms with Crippen LogP contribution in [0.4, 0.5) is 17.6 Å². The maximum Gasteiger partial charge on any atom is 0.416 e. The third kappa shape index (κ3) is 5.57. The van der Waals surface area contributed by atoms with Gasteiger partial charge in [-0.05, 0) is 35.2 Å². The highest BCUT2D eigenvalue weighted by Crippen LogP contribution is 2.32. The number of rotatable bonds is 8. The van der Waals surface area contributed by atoms with Gasteiger partial charge in [-0.1, -0.05) is 55.8 Å². The van der Waals surface area contributed by atoms with E-state index in [0.29, 0.717) is 17.7 Å². The molecule has 31 heavy (non-hydrogen) atoms. The van der Waals surface area contributed by atoms with E-state index in [1.807, 2.05) is 13.8 Å². The van der Waals surface area contributed by atoms with Gasteiger partial charge in [0.15, 0.2) is 0 Å². The van der Waals surface area contributed by atoms with Crippen molar-refractivity contribution in [1.82, 2.24) is 15.0 Å². The van der Waals surface area contributed by atoms with Crippen molar-refractivity contribution in [3.05, 3.63) is 77.1 Å². The Hall–Kier alpha value is -3.03. The van der Waals surface area contributed by atoms with E-state index in [-0.39, 0.29) is 35.8 Å². The van der Waals surface area contributed by atoms with Crippen molar-refractivity contribution in [1.29, 1.82) is 0 Å².